The minimum absolute atomic E-state index is 0.496. The molecular weight excluding hydrogens is 260 g/mol. The SMILES string of the molecule is Cc1cc(N2CCCC2CN(C)C)c(CNC(C)C)cn1. The quantitative estimate of drug-likeness (QED) is 0.872. The van der Waals surface area contributed by atoms with Gasteiger partial charge in [-0.2, -0.15) is 0 Å². The summed E-state index contributed by atoms with van der Waals surface area (Å²) in [6, 6.07) is 3.38. The molecule has 1 fully saturated rings. The average molecular weight is 290 g/mol. The third kappa shape index (κ3) is 4.42. The van der Waals surface area contributed by atoms with Gasteiger partial charge in [0.05, 0.1) is 0 Å². The molecule has 0 saturated carbocycles. The number of hydrogen-bond donors (Lipinski definition) is 1. The van der Waals surface area contributed by atoms with E-state index in [1.807, 2.05) is 6.20 Å². The molecule has 1 atom stereocenters. The minimum atomic E-state index is 0.496. The Balaban J connectivity index is 2.21. The summed E-state index contributed by atoms with van der Waals surface area (Å²) in [6.07, 6.45) is 4.62. The molecule has 4 nitrogen and oxygen atoms in total. The van der Waals surface area contributed by atoms with Gasteiger partial charge in [0, 0.05) is 54.9 Å². The lowest BCUT2D eigenvalue weighted by molar-refractivity contribution is 0.372. The number of nitrogens with zero attached hydrogens (tertiary/aromatic N) is 3. The molecule has 0 aromatic carbocycles. The number of aryl methyl sites for hydroxylation is 1. The summed E-state index contributed by atoms with van der Waals surface area (Å²) in [7, 11) is 4.32. The molecule has 1 saturated heterocycles. The zero-order valence-corrected chi connectivity index (χ0v) is 14.2. The molecule has 21 heavy (non-hydrogen) atoms. The Labute approximate surface area is 129 Å². The molecule has 4 heteroatoms. The maximum Gasteiger partial charge on any atom is 0.0448 e. The van der Waals surface area contributed by atoms with Crippen LogP contribution >= 0.6 is 0 Å². The summed E-state index contributed by atoms with van der Waals surface area (Å²) in [5.41, 5.74) is 3.80. The number of anilines is 1. The van der Waals surface area contributed by atoms with E-state index in [2.05, 4.69) is 61.0 Å². The van der Waals surface area contributed by atoms with Crippen LogP contribution in [0.4, 0.5) is 5.69 Å². The van der Waals surface area contributed by atoms with Crippen molar-refractivity contribution in [2.45, 2.75) is 52.2 Å². The Morgan fingerprint density at radius 1 is 1.43 bits per heavy atom. The fourth-order valence-corrected chi connectivity index (χ4v) is 3.06. The number of pyridine rings is 1. The molecule has 118 valence electrons. The first-order valence-electron chi connectivity index (χ1n) is 8.07. The van der Waals surface area contributed by atoms with Crippen LogP contribution in [0.3, 0.4) is 0 Å². The lowest BCUT2D eigenvalue weighted by Crippen LogP contribution is -2.38. The van der Waals surface area contributed by atoms with Gasteiger partial charge in [-0.25, -0.2) is 0 Å². The topological polar surface area (TPSA) is 31.4 Å². The van der Waals surface area contributed by atoms with Crippen LogP contribution in [0.25, 0.3) is 0 Å². The zero-order chi connectivity index (χ0) is 15.4. The van der Waals surface area contributed by atoms with Crippen LogP contribution in [-0.2, 0) is 6.54 Å². The lowest BCUT2D eigenvalue weighted by atomic mass is 10.1. The van der Waals surface area contributed by atoms with Gasteiger partial charge >= 0.3 is 0 Å². The molecule has 0 aliphatic carbocycles. The first-order valence-corrected chi connectivity index (χ1v) is 8.07. The molecule has 2 rings (SSSR count). The van der Waals surface area contributed by atoms with Crippen LogP contribution in [-0.4, -0.2) is 49.2 Å². The first kappa shape index (κ1) is 16.2. The molecular formula is C17H30N4. The molecule has 0 radical (unpaired) electrons. The fourth-order valence-electron chi connectivity index (χ4n) is 3.06. The second kappa shape index (κ2) is 7.23. The van der Waals surface area contributed by atoms with E-state index >= 15 is 0 Å². The maximum atomic E-state index is 4.50. The van der Waals surface area contributed by atoms with Gasteiger partial charge in [0.2, 0.25) is 0 Å². The summed E-state index contributed by atoms with van der Waals surface area (Å²) in [6.45, 7) is 9.64. The van der Waals surface area contributed by atoms with Crippen LogP contribution in [0.5, 0.6) is 0 Å². The Kier molecular flexibility index (Phi) is 5.59. The first-order chi connectivity index (χ1) is 9.97. The van der Waals surface area contributed by atoms with Crippen LogP contribution in [0, 0.1) is 6.92 Å². The number of likely N-dealkylation sites (N-methyl/N-ethyl adjacent to an activating group) is 1. The van der Waals surface area contributed by atoms with Crippen molar-refractivity contribution >= 4 is 5.69 Å². The highest BCUT2D eigenvalue weighted by molar-refractivity contribution is 5.55. The van der Waals surface area contributed by atoms with Crippen molar-refractivity contribution in [1.29, 1.82) is 0 Å². The Bertz CT molecular complexity index is 456. The van der Waals surface area contributed by atoms with E-state index in [0.29, 0.717) is 12.1 Å². The molecule has 1 aromatic heterocycles. The van der Waals surface area contributed by atoms with Gasteiger partial charge in [-0.3, -0.25) is 4.98 Å². The van der Waals surface area contributed by atoms with Crippen LogP contribution in [0.1, 0.15) is 37.9 Å². The van der Waals surface area contributed by atoms with Gasteiger partial charge < -0.3 is 15.1 Å². The zero-order valence-electron chi connectivity index (χ0n) is 14.2. The van der Waals surface area contributed by atoms with Crippen LogP contribution < -0.4 is 10.2 Å². The number of hydrogen-bond acceptors (Lipinski definition) is 4. The summed E-state index contributed by atoms with van der Waals surface area (Å²) in [5.74, 6) is 0. The largest absolute Gasteiger partial charge is 0.367 e. The highest BCUT2D eigenvalue weighted by atomic mass is 15.2. The van der Waals surface area contributed by atoms with Crippen molar-refractivity contribution in [2.24, 2.45) is 0 Å². The van der Waals surface area contributed by atoms with Crippen molar-refractivity contribution in [3.8, 4) is 0 Å². The molecule has 0 amide bonds. The summed E-state index contributed by atoms with van der Waals surface area (Å²) < 4.78 is 0. The van der Waals surface area contributed by atoms with E-state index < -0.39 is 0 Å². The van der Waals surface area contributed by atoms with Gasteiger partial charge in [0.25, 0.3) is 0 Å². The van der Waals surface area contributed by atoms with Crippen molar-refractivity contribution in [2.75, 3.05) is 32.1 Å². The van der Waals surface area contributed by atoms with Gasteiger partial charge in [0.1, 0.15) is 0 Å². The highest BCUT2D eigenvalue weighted by Gasteiger charge is 2.26. The van der Waals surface area contributed by atoms with Gasteiger partial charge in [-0.1, -0.05) is 13.8 Å². The minimum Gasteiger partial charge on any atom is -0.367 e. The normalized spacial score (nSPS) is 19.0. The molecule has 1 aliphatic heterocycles. The van der Waals surface area contributed by atoms with Gasteiger partial charge in [-0.05, 0) is 39.9 Å². The van der Waals surface area contributed by atoms with Crippen LogP contribution in [0.2, 0.25) is 0 Å². The van der Waals surface area contributed by atoms with Crippen molar-refractivity contribution in [3.63, 3.8) is 0 Å². The maximum absolute atomic E-state index is 4.50. The van der Waals surface area contributed by atoms with Gasteiger partial charge in [-0.15, -0.1) is 0 Å². The molecule has 0 bridgehead atoms. The van der Waals surface area contributed by atoms with E-state index in [-0.39, 0.29) is 0 Å². The van der Waals surface area contributed by atoms with Crippen LogP contribution in [0.15, 0.2) is 12.3 Å². The predicted molar refractivity (Wildman–Crippen MR) is 89.9 cm³/mol. The molecule has 1 aromatic rings. The van der Waals surface area contributed by atoms with Crippen molar-refractivity contribution < 1.29 is 0 Å². The van der Waals surface area contributed by atoms with Crippen molar-refractivity contribution in [1.82, 2.24) is 15.2 Å². The smallest absolute Gasteiger partial charge is 0.0448 e. The number of rotatable bonds is 6. The molecule has 2 heterocycles. The second-order valence-electron chi connectivity index (χ2n) is 6.74. The second-order valence-corrected chi connectivity index (χ2v) is 6.74. The lowest BCUT2D eigenvalue weighted by Gasteiger charge is -2.31. The Morgan fingerprint density at radius 3 is 2.86 bits per heavy atom. The predicted octanol–water partition coefficient (Wildman–Crippen LogP) is 2.42. The monoisotopic (exact) mass is 290 g/mol. The standard InChI is InChI=1S/C17H30N4/c1-13(2)18-10-15-11-19-14(3)9-17(15)21-8-6-7-16(21)12-20(4)5/h9,11,13,16,18H,6-8,10,12H2,1-5H3. The van der Waals surface area contributed by atoms with E-state index in [1.165, 1.54) is 24.1 Å². The molecule has 1 unspecified atom stereocenters. The van der Waals surface area contributed by atoms with E-state index in [4.69, 9.17) is 0 Å². The summed E-state index contributed by atoms with van der Waals surface area (Å²) in [4.78, 5) is 9.38. The number of aromatic nitrogens is 1. The molecule has 1 aliphatic rings. The van der Waals surface area contributed by atoms with E-state index in [9.17, 15) is 0 Å². The van der Waals surface area contributed by atoms with E-state index in [0.717, 1.165) is 25.3 Å². The molecule has 0 spiro atoms. The Morgan fingerprint density at radius 2 is 2.19 bits per heavy atom. The third-order valence-corrected chi connectivity index (χ3v) is 4.06. The van der Waals surface area contributed by atoms with E-state index in [1.54, 1.807) is 0 Å². The number of nitrogens with one attached hydrogen (secondary N) is 1. The van der Waals surface area contributed by atoms with Gasteiger partial charge in [0.15, 0.2) is 0 Å². The highest BCUT2D eigenvalue weighted by Crippen LogP contribution is 2.29. The molecule has 1 N–H and O–H groups in total. The summed E-state index contributed by atoms with van der Waals surface area (Å²) >= 11 is 0. The average Bonchev–Trinajstić information content (AvgIpc) is 2.84. The third-order valence-electron chi connectivity index (χ3n) is 4.06. The fraction of sp³-hybridized carbons (Fsp3) is 0.706. The Hall–Kier alpha value is -1.13. The van der Waals surface area contributed by atoms with Crippen molar-refractivity contribution in [3.05, 3.63) is 23.5 Å². The summed E-state index contributed by atoms with van der Waals surface area (Å²) in [5, 5.41) is 3.52.